The van der Waals surface area contributed by atoms with Gasteiger partial charge in [0.25, 0.3) is 0 Å². The van der Waals surface area contributed by atoms with Crippen LogP contribution in [-0.4, -0.2) is 36.0 Å². The Morgan fingerprint density at radius 1 is 1.29 bits per heavy atom. The summed E-state index contributed by atoms with van der Waals surface area (Å²) in [6, 6.07) is 7.34. The van der Waals surface area contributed by atoms with Gasteiger partial charge in [0, 0.05) is 18.6 Å². The van der Waals surface area contributed by atoms with Crippen LogP contribution >= 0.6 is 0 Å². The first kappa shape index (κ1) is 14.6. The zero-order valence-electron chi connectivity index (χ0n) is 13.2. The molecular formula is C18H26N2O. The predicted octanol–water partition coefficient (Wildman–Crippen LogP) is 2.59. The molecule has 1 aromatic rings. The third-order valence-corrected chi connectivity index (χ3v) is 5.03. The molecule has 2 aliphatic rings. The molecule has 2 heterocycles. The Kier molecular flexibility index (Phi) is 4.29. The van der Waals surface area contributed by atoms with Crippen LogP contribution in [0.1, 0.15) is 42.4 Å². The second-order valence-electron chi connectivity index (χ2n) is 6.61. The van der Waals surface area contributed by atoms with Crippen molar-refractivity contribution in [2.45, 2.75) is 58.0 Å². The Hall–Kier alpha value is -1.35. The number of rotatable bonds is 3. The number of benzene rings is 1. The molecule has 114 valence electrons. The first-order chi connectivity index (χ1) is 10.1. The smallest absolute Gasteiger partial charge is 0.227 e. The first-order valence-corrected chi connectivity index (χ1v) is 8.24. The van der Waals surface area contributed by atoms with E-state index in [9.17, 15) is 4.79 Å². The largest absolute Gasteiger partial charge is 0.338 e. The van der Waals surface area contributed by atoms with Crippen LogP contribution in [0.2, 0.25) is 0 Å². The van der Waals surface area contributed by atoms with Crippen LogP contribution in [0, 0.1) is 13.8 Å². The van der Waals surface area contributed by atoms with Crippen molar-refractivity contribution in [3.63, 3.8) is 0 Å². The highest BCUT2D eigenvalue weighted by Gasteiger charge is 2.35. The molecule has 1 aromatic carbocycles. The standard InChI is InChI=1S/C18H26N2O/c1-13-7-8-14(2)15(11-13)12-18(21)20-10-4-6-17(20)16-5-3-9-19-16/h7-8,11,16-17,19H,3-6,9-10,12H2,1-2H3. The van der Waals surface area contributed by atoms with E-state index in [0.29, 0.717) is 24.4 Å². The van der Waals surface area contributed by atoms with Crippen molar-refractivity contribution in [2.24, 2.45) is 0 Å². The van der Waals surface area contributed by atoms with Crippen LogP contribution in [0.3, 0.4) is 0 Å². The number of aryl methyl sites for hydroxylation is 2. The SMILES string of the molecule is Cc1ccc(C)c(CC(=O)N2CCCC2C2CCCN2)c1. The summed E-state index contributed by atoms with van der Waals surface area (Å²) in [4.78, 5) is 14.9. The molecule has 1 amide bonds. The number of likely N-dealkylation sites (tertiary alicyclic amines) is 1. The monoisotopic (exact) mass is 286 g/mol. The van der Waals surface area contributed by atoms with Gasteiger partial charge in [0.2, 0.25) is 5.91 Å². The maximum atomic E-state index is 12.7. The molecule has 2 unspecified atom stereocenters. The summed E-state index contributed by atoms with van der Waals surface area (Å²) in [7, 11) is 0. The minimum Gasteiger partial charge on any atom is -0.338 e. The molecule has 1 N–H and O–H groups in total. The fourth-order valence-corrected chi connectivity index (χ4v) is 3.82. The zero-order valence-corrected chi connectivity index (χ0v) is 13.2. The Balaban J connectivity index is 1.70. The summed E-state index contributed by atoms with van der Waals surface area (Å²) in [5, 5.41) is 3.57. The van der Waals surface area contributed by atoms with E-state index in [4.69, 9.17) is 0 Å². The van der Waals surface area contributed by atoms with Gasteiger partial charge in [-0.25, -0.2) is 0 Å². The summed E-state index contributed by atoms with van der Waals surface area (Å²) >= 11 is 0. The molecule has 21 heavy (non-hydrogen) atoms. The number of hydrogen-bond donors (Lipinski definition) is 1. The van der Waals surface area contributed by atoms with Gasteiger partial charge in [-0.05, 0) is 57.2 Å². The number of nitrogens with one attached hydrogen (secondary N) is 1. The average Bonchev–Trinajstić information content (AvgIpc) is 3.12. The van der Waals surface area contributed by atoms with Crippen molar-refractivity contribution in [2.75, 3.05) is 13.1 Å². The van der Waals surface area contributed by atoms with Gasteiger partial charge in [-0.15, -0.1) is 0 Å². The van der Waals surface area contributed by atoms with Gasteiger partial charge >= 0.3 is 0 Å². The number of amides is 1. The van der Waals surface area contributed by atoms with E-state index in [1.807, 2.05) is 0 Å². The van der Waals surface area contributed by atoms with E-state index < -0.39 is 0 Å². The summed E-state index contributed by atoms with van der Waals surface area (Å²) in [6.45, 7) is 6.24. The van der Waals surface area contributed by atoms with Crippen molar-refractivity contribution in [1.82, 2.24) is 10.2 Å². The average molecular weight is 286 g/mol. The van der Waals surface area contributed by atoms with E-state index in [2.05, 4.69) is 42.3 Å². The number of carbonyl (C=O) groups is 1. The van der Waals surface area contributed by atoms with E-state index in [1.165, 1.54) is 29.5 Å². The number of hydrogen-bond acceptors (Lipinski definition) is 2. The van der Waals surface area contributed by atoms with E-state index in [0.717, 1.165) is 25.9 Å². The minimum atomic E-state index is 0.305. The van der Waals surface area contributed by atoms with E-state index >= 15 is 0 Å². The summed E-state index contributed by atoms with van der Waals surface area (Å²) in [5.74, 6) is 0.305. The molecule has 3 nitrogen and oxygen atoms in total. The third-order valence-electron chi connectivity index (χ3n) is 5.03. The lowest BCUT2D eigenvalue weighted by molar-refractivity contribution is -0.131. The Bertz CT molecular complexity index is 520. The molecule has 0 aromatic heterocycles. The summed E-state index contributed by atoms with van der Waals surface area (Å²) in [6.07, 6.45) is 5.34. The maximum Gasteiger partial charge on any atom is 0.227 e. The predicted molar refractivity (Wildman–Crippen MR) is 85.4 cm³/mol. The van der Waals surface area contributed by atoms with Crippen LogP contribution in [0.15, 0.2) is 18.2 Å². The van der Waals surface area contributed by atoms with Gasteiger partial charge in [0.1, 0.15) is 0 Å². The molecule has 3 heteroatoms. The lowest BCUT2D eigenvalue weighted by Crippen LogP contribution is -2.47. The van der Waals surface area contributed by atoms with Crippen molar-refractivity contribution in [3.8, 4) is 0 Å². The second kappa shape index (κ2) is 6.18. The molecule has 2 saturated heterocycles. The highest BCUT2D eigenvalue weighted by atomic mass is 16.2. The molecule has 2 fully saturated rings. The Morgan fingerprint density at radius 2 is 2.14 bits per heavy atom. The van der Waals surface area contributed by atoms with Crippen LogP contribution in [-0.2, 0) is 11.2 Å². The fourth-order valence-electron chi connectivity index (χ4n) is 3.82. The van der Waals surface area contributed by atoms with Crippen LogP contribution < -0.4 is 5.32 Å². The van der Waals surface area contributed by atoms with Crippen molar-refractivity contribution < 1.29 is 4.79 Å². The van der Waals surface area contributed by atoms with Gasteiger partial charge in [-0.3, -0.25) is 4.79 Å². The first-order valence-electron chi connectivity index (χ1n) is 8.24. The molecule has 0 radical (unpaired) electrons. The molecule has 2 atom stereocenters. The fraction of sp³-hybridized carbons (Fsp3) is 0.611. The van der Waals surface area contributed by atoms with E-state index in [1.54, 1.807) is 0 Å². The second-order valence-corrected chi connectivity index (χ2v) is 6.61. The van der Waals surface area contributed by atoms with Crippen molar-refractivity contribution in [3.05, 3.63) is 34.9 Å². The quantitative estimate of drug-likeness (QED) is 0.926. The zero-order chi connectivity index (χ0) is 14.8. The normalized spacial score (nSPS) is 25.5. The third kappa shape index (κ3) is 3.13. The van der Waals surface area contributed by atoms with Gasteiger partial charge < -0.3 is 10.2 Å². The summed E-state index contributed by atoms with van der Waals surface area (Å²) in [5.41, 5.74) is 3.65. The number of carbonyl (C=O) groups excluding carboxylic acids is 1. The molecule has 0 spiro atoms. The highest BCUT2D eigenvalue weighted by molar-refractivity contribution is 5.80. The molecule has 0 aliphatic carbocycles. The molecule has 0 saturated carbocycles. The van der Waals surface area contributed by atoms with Crippen LogP contribution in [0.4, 0.5) is 0 Å². The van der Waals surface area contributed by atoms with Gasteiger partial charge in [0.15, 0.2) is 0 Å². The summed E-state index contributed by atoms with van der Waals surface area (Å²) < 4.78 is 0. The van der Waals surface area contributed by atoms with Gasteiger partial charge in [0.05, 0.1) is 6.42 Å². The van der Waals surface area contributed by atoms with Crippen molar-refractivity contribution >= 4 is 5.91 Å². The molecule has 0 bridgehead atoms. The topological polar surface area (TPSA) is 32.3 Å². The molecule has 2 aliphatic heterocycles. The maximum absolute atomic E-state index is 12.7. The molecular weight excluding hydrogens is 260 g/mol. The Morgan fingerprint density at radius 3 is 2.90 bits per heavy atom. The van der Waals surface area contributed by atoms with E-state index in [-0.39, 0.29) is 0 Å². The lowest BCUT2D eigenvalue weighted by Gasteiger charge is -2.30. The van der Waals surface area contributed by atoms with Gasteiger partial charge in [-0.1, -0.05) is 23.8 Å². The lowest BCUT2D eigenvalue weighted by atomic mass is 10.0. The van der Waals surface area contributed by atoms with Crippen LogP contribution in [0.25, 0.3) is 0 Å². The number of nitrogens with zero attached hydrogens (tertiary/aromatic N) is 1. The Labute approximate surface area is 127 Å². The van der Waals surface area contributed by atoms with Crippen LogP contribution in [0.5, 0.6) is 0 Å². The van der Waals surface area contributed by atoms with Gasteiger partial charge in [-0.2, -0.15) is 0 Å². The van der Waals surface area contributed by atoms with Crippen molar-refractivity contribution in [1.29, 1.82) is 0 Å². The molecule has 3 rings (SSSR count). The highest BCUT2D eigenvalue weighted by Crippen LogP contribution is 2.26. The minimum absolute atomic E-state index is 0.305.